The zero-order valence-electron chi connectivity index (χ0n) is 7.43. The monoisotopic (exact) mass is 169 g/mol. The molecule has 12 heavy (non-hydrogen) atoms. The highest BCUT2D eigenvalue weighted by Crippen LogP contribution is 2.14. The van der Waals surface area contributed by atoms with Crippen LogP contribution in [0.4, 0.5) is 0 Å². The van der Waals surface area contributed by atoms with Crippen LogP contribution in [0.15, 0.2) is 12.3 Å². The van der Waals surface area contributed by atoms with Gasteiger partial charge in [-0.15, -0.1) is 0 Å². The van der Waals surface area contributed by atoms with Crippen molar-refractivity contribution in [2.75, 3.05) is 6.61 Å². The van der Waals surface area contributed by atoms with E-state index in [9.17, 15) is 4.79 Å². The van der Waals surface area contributed by atoms with Gasteiger partial charge in [-0.3, -0.25) is 4.79 Å². The van der Waals surface area contributed by atoms with E-state index in [4.69, 9.17) is 4.74 Å². The summed E-state index contributed by atoms with van der Waals surface area (Å²) in [6, 6.07) is 0.0454. The fraction of sp³-hybridized carbons (Fsp3) is 0.667. The van der Waals surface area contributed by atoms with Gasteiger partial charge in [0.25, 0.3) is 0 Å². The van der Waals surface area contributed by atoms with E-state index >= 15 is 0 Å². The average molecular weight is 169 g/mol. The quantitative estimate of drug-likeness (QED) is 0.689. The standard InChI is InChI=1S/C9H15NO2/c1-3-4-9(11)10-8-5-6-12-7(8)2/h8H,2-6H2,1H3,(H,10,11)/t8-/m0/s1. The number of ether oxygens (including phenoxy) is 1. The lowest BCUT2D eigenvalue weighted by Gasteiger charge is -2.10. The number of carbonyl (C=O) groups excluding carboxylic acids is 1. The molecule has 1 aliphatic rings. The van der Waals surface area contributed by atoms with Crippen LogP contribution >= 0.6 is 0 Å². The number of rotatable bonds is 3. The lowest BCUT2D eigenvalue weighted by atomic mass is 10.2. The van der Waals surface area contributed by atoms with Gasteiger partial charge < -0.3 is 10.1 Å². The van der Waals surface area contributed by atoms with Crippen molar-refractivity contribution in [2.45, 2.75) is 32.2 Å². The maximum Gasteiger partial charge on any atom is 0.220 e. The van der Waals surface area contributed by atoms with Crippen molar-refractivity contribution in [3.8, 4) is 0 Å². The molecule has 0 radical (unpaired) electrons. The smallest absolute Gasteiger partial charge is 0.220 e. The zero-order chi connectivity index (χ0) is 8.97. The molecular formula is C9H15NO2. The SMILES string of the molecule is C=C1OCC[C@@H]1NC(=O)CCC. The Morgan fingerprint density at radius 3 is 3.08 bits per heavy atom. The second kappa shape index (κ2) is 4.14. The fourth-order valence-corrected chi connectivity index (χ4v) is 1.22. The Hall–Kier alpha value is -0.990. The van der Waals surface area contributed by atoms with Gasteiger partial charge in [0.15, 0.2) is 0 Å². The Morgan fingerprint density at radius 1 is 1.83 bits per heavy atom. The van der Waals surface area contributed by atoms with Crippen molar-refractivity contribution < 1.29 is 9.53 Å². The minimum atomic E-state index is 0.0454. The van der Waals surface area contributed by atoms with Gasteiger partial charge in [0.1, 0.15) is 5.76 Å². The molecule has 0 aromatic rings. The van der Waals surface area contributed by atoms with Crippen molar-refractivity contribution in [2.24, 2.45) is 0 Å². The second-order valence-electron chi connectivity index (χ2n) is 2.97. The van der Waals surface area contributed by atoms with Crippen LogP contribution in [0, 0.1) is 0 Å². The molecule has 0 unspecified atom stereocenters. The summed E-state index contributed by atoms with van der Waals surface area (Å²) >= 11 is 0. The number of carbonyl (C=O) groups is 1. The van der Waals surface area contributed by atoms with E-state index in [1.54, 1.807) is 0 Å². The Balaban J connectivity index is 2.30. The van der Waals surface area contributed by atoms with Crippen LogP contribution in [0.5, 0.6) is 0 Å². The Bertz CT molecular complexity index is 189. The minimum Gasteiger partial charge on any atom is -0.496 e. The predicted molar refractivity (Wildman–Crippen MR) is 46.5 cm³/mol. The molecule has 1 N–H and O–H groups in total. The lowest BCUT2D eigenvalue weighted by molar-refractivity contribution is -0.121. The van der Waals surface area contributed by atoms with Gasteiger partial charge in [-0.25, -0.2) is 0 Å². The Kier molecular flexibility index (Phi) is 3.14. The molecule has 3 nitrogen and oxygen atoms in total. The van der Waals surface area contributed by atoms with Crippen LogP contribution in [0.2, 0.25) is 0 Å². The van der Waals surface area contributed by atoms with Gasteiger partial charge in [-0.1, -0.05) is 13.5 Å². The molecule has 0 aliphatic carbocycles. The third kappa shape index (κ3) is 2.26. The first-order chi connectivity index (χ1) is 5.74. The largest absolute Gasteiger partial charge is 0.496 e. The highest BCUT2D eigenvalue weighted by molar-refractivity contribution is 5.76. The molecule has 68 valence electrons. The van der Waals surface area contributed by atoms with Crippen molar-refractivity contribution in [1.29, 1.82) is 0 Å². The molecule has 0 bridgehead atoms. The molecule has 0 saturated carbocycles. The van der Waals surface area contributed by atoms with E-state index in [-0.39, 0.29) is 11.9 Å². The van der Waals surface area contributed by atoms with Crippen LogP contribution in [0.3, 0.4) is 0 Å². The Morgan fingerprint density at radius 2 is 2.58 bits per heavy atom. The van der Waals surface area contributed by atoms with E-state index < -0.39 is 0 Å². The van der Waals surface area contributed by atoms with Crippen LogP contribution in [-0.4, -0.2) is 18.6 Å². The molecule has 1 atom stereocenters. The van der Waals surface area contributed by atoms with Crippen molar-refractivity contribution in [3.05, 3.63) is 12.3 Å². The molecule has 3 heteroatoms. The number of amides is 1. The topological polar surface area (TPSA) is 38.3 Å². The maximum absolute atomic E-state index is 11.1. The molecule has 0 spiro atoms. The van der Waals surface area contributed by atoms with Gasteiger partial charge in [0.2, 0.25) is 5.91 Å². The first kappa shape index (κ1) is 9.10. The van der Waals surface area contributed by atoms with E-state index in [1.165, 1.54) is 0 Å². The molecule has 1 aliphatic heterocycles. The molecule has 1 amide bonds. The van der Waals surface area contributed by atoms with Gasteiger partial charge in [-0.2, -0.15) is 0 Å². The van der Waals surface area contributed by atoms with Gasteiger partial charge >= 0.3 is 0 Å². The molecule has 1 rings (SSSR count). The van der Waals surface area contributed by atoms with E-state index in [0.29, 0.717) is 18.8 Å². The van der Waals surface area contributed by atoms with Gasteiger partial charge in [0.05, 0.1) is 12.6 Å². The minimum absolute atomic E-state index is 0.0454. The Labute approximate surface area is 72.8 Å². The third-order valence-corrected chi connectivity index (χ3v) is 1.89. The van der Waals surface area contributed by atoms with E-state index in [1.807, 2.05) is 6.92 Å². The predicted octanol–water partition coefficient (Wildman–Crippen LogP) is 1.21. The van der Waals surface area contributed by atoms with Crippen LogP contribution in [0.25, 0.3) is 0 Å². The van der Waals surface area contributed by atoms with Crippen LogP contribution in [0.1, 0.15) is 26.2 Å². The average Bonchev–Trinajstić information content (AvgIpc) is 2.37. The first-order valence-corrected chi connectivity index (χ1v) is 4.35. The maximum atomic E-state index is 11.1. The van der Waals surface area contributed by atoms with E-state index in [2.05, 4.69) is 11.9 Å². The summed E-state index contributed by atoms with van der Waals surface area (Å²) in [4.78, 5) is 11.1. The summed E-state index contributed by atoms with van der Waals surface area (Å²) in [7, 11) is 0. The molecular weight excluding hydrogens is 154 g/mol. The van der Waals surface area contributed by atoms with Crippen molar-refractivity contribution in [3.63, 3.8) is 0 Å². The molecule has 1 fully saturated rings. The number of hydrogen-bond donors (Lipinski definition) is 1. The summed E-state index contributed by atoms with van der Waals surface area (Å²) in [6.07, 6.45) is 2.32. The summed E-state index contributed by atoms with van der Waals surface area (Å²) in [6.45, 7) is 6.37. The summed E-state index contributed by atoms with van der Waals surface area (Å²) in [5.74, 6) is 0.786. The van der Waals surface area contributed by atoms with Gasteiger partial charge in [-0.05, 0) is 6.42 Å². The molecule has 1 heterocycles. The third-order valence-electron chi connectivity index (χ3n) is 1.89. The van der Waals surface area contributed by atoms with Gasteiger partial charge in [0, 0.05) is 12.8 Å². The lowest BCUT2D eigenvalue weighted by Crippen LogP contribution is -2.33. The molecule has 0 aromatic heterocycles. The number of nitrogens with one attached hydrogen (secondary N) is 1. The summed E-state index contributed by atoms with van der Waals surface area (Å²) in [5, 5.41) is 2.87. The van der Waals surface area contributed by atoms with E-state index in [0.717, 1.165) is 12.8 Å². The highest BCUT2D eigenvalue weighted by atomic mass is 16.5. The summed E-state index contributed by atoms with van der Waals surface area (Å²) < 4.78 is 5.14. The fourth-order valence-electron chi connectivity index (χ4n) is 1.22. The van der Waals surface area contributed by atoms with Crippen molar-refractivity contribution >= 4 is 5.91 Å². The molecule has 0 aromatic carbocycles. The zero-order valence-corrected chi connectivity index (χ0v) is 7.43. The van der Waals surface area contributed by atoms with Crippen LogP contribution < -0.4 is 5.32 Å². The second-order valence-corrected chi connectivity index (χ2v) is 2.97. The summed E-state index contributed by atoms with van der Waals surface area (Å²) in [5.41, 5.74) is 0. The van der Waals surface area contributed by atoms with Crippen molar-refractivity contribution in [1.82, 2.24) is 5.32 Å². The normalized spacial score (nSPS) is 22.1. The molecule has 1 saturated heterocycles. The first-order valence-electron chi connectivity index (χ1n) is 4.35. The number of hydrogen-bond acceptors (Lipinski definition) is 2. The van der Waals surface area contributed by atoms with Crippen LogP contribution in [-0.2, 0) is 9.53 Å². The highest BCUT2D eigenvalue weighted by Gasteiger charge is 2.21.